The molecule has 0 aliphatic heterocycles. The minimum absolute atomic E-state index is 0.836. The number of hydrogen-bond donors (Lipinski definition) is 1. The predicted octanol–water partition coefficient (Wildman–Crippen LogP) is 4.52. The van der Waals surface area contributed by atoms with Crippen LogP contribution in [0.15, 0.2) is 0 Å². The molecule has 2 saturated carbocycles. The standard InChI is InChI=1S/C16H31N/c1-14-7-6-10-16(12-11-14)17-13-15-8-4-2-3-5-9-15/h14-17H,2-13H2,1H3. The lowest BCUT2D eigenvalue weighted by Gasteiger charge is -2.21. The molecule has 2 aliphatic carbocycles. The second-order valence-corrected chi connectivity index (χ2v) is 6.58. The maximum Gasteiger partial charge on any atom is 0.00672 e. The van der Waals surface area contributed by atoms with Crippen LogP contribution in [0, 0.1) is 11.8 Å². The van der Waals surface area contributed by atoms with Crippen LogP contribution in [0.25, 0.3) is 0 Å². The van der Waals surface area contributed by atoms with Gasteiger partial charge in [0.15, 0.2) is 0 Å². The lowest BCUT2D eigenvalue weighted by atomic mass is 9.99. The summed E-state index contributed by atoms with van der Waals surface area (Å²) in [5.74, 6) is 1.96. The van der Waals surface area contributed by atoms with Crippen LogP contribution >= 0.6 is 0 Å². The van der Waals surface area contributed by atoms with Crippen LogP contribution < -0.4 is 5.32 Å². The highest BCUT2D eigenvalue weighted by molar-refractivity contribution is 4.75. The van der Waals surface area contributed by atoms with Gasteiger partial charge in [-0.15, -0.1) is 0 Å². The largest absolute Gasteiger partial charge is 0.314 e. The van der Waals surface area contributed by atoms with Crippen molar-refractivity contribution in [3.8, 4) is 0 Å². The third kappa shape index (κ3) is 4.99. The van der Waals surface area contributed by atoms with E-state index in [2.05, 4.69) is 12.2 Å². The van der Waals surface area contributed by atoms with Crippen LogP contribution in [-0.2, 0) is 0 Å². The second kappa shape index (κ2) is 7.41. The van der Waals surface area contributed by atoms with E-state index in [-0.39, 0.29) is 0 Å². The van der Waals surface area contributed by atoms with Crippen LogP contribution in [0.1, 0.15) is 77.6 Å². The first kappa shape index (κ1) is 13.4. The van der Waals surface area contributed by atoms with Gasteiger partial charge in [0.25, 0.3) is 0 Å². The predicted molar refractivity (Wildman–Crippen MR) is 75.2 cm³/mol. The molecule has 0 aromatic heterocycles. The number of nitrogens with one attached hydrogen (secondary N) is 1. The number of hydrogen-bond acceptors (Lipinski definition) is 1. The Balaban J connectivity index is 1.66. The Morgan fingerprint density at radius 3 is 2.29 bits per heavy atom. The fourth-order valence-electron chi connectivity index (χ4n) is 3.59. The van der Waals surface area contributed by atoms with Crippen molar-refractivity contribution in [1.82, 2.24) is 5.32 Å². The summed E-state index contributed by atoms with van der Waals surface area (Å²) in [5, 5.41) is 3.88. The summed E-state index contributed by atoms with van der Waals surface area (Å²) >= 11 is 0. The molecule has 2 fully saturated rings. The summed E-state index contributed by atoms with van der Waals surface area (Å²) in [4.78, 5) is 0. The molecule has 1 N–H and O–H groups in total. The van der Waals surface area contributed by atoms with E-state index in [1.54, 1.807) is 0 Å². The fraction of sp³-hybridized carbons (Fsp3) is 1.00. The highest BCUT2D eigenvalue weighted by atomic mass is 14.9. The Bertz CT molecular complexity index is 194. The van der Waals surface area contributed by atoms with Gasteiger partial charge in [-0.2, -0.15) is 0 Å². The van der Waals surface area contributed by atoms with Crippen LogP contribution in [-0.4, -0.2) is 12.6 Å². The average molecular weight is 237 g/mol. The van der Waals surface area contributed by atoms with E-state index in [0.717, 1.165) is 17.9 Å². The molecule has 2 atom stereocenters. The van der Waals surface area contributed by atoms with Crippen molar-refractivity contribution in [1.29, 1.82) is 0 Å². The first-order valence-corrected chi connectivity index (χ1v) is 8.08. The van der Waals surface area contributed by atoms with Crippen molar-refractivity contribution in [3.05, 3.63) is 0 Å². The highest BCUT2D eigenvalue weighted by Gasteiger charge is 2.18. The maximum absolute atomic E-state index is 3.88. The van der Waals surface area contributed by atoms with Crippen LogP contribution in [0.5, 0.6) is 0 Å². The van der Waals surface area contributed by atoms with Crippen molar-refractivity contribution < 1.29 is 0 Å². The Kier molecular flexibility index (Phi) is 5.84. The quantitative estimate of drug-likeness (QED) is 0.712. The molecule has 0 bridgehead atoms. The molecule has 2 aliphatic rings. The van der Waals surface area contributed by atoms with Gasteiger partial charge in [0.05, 0.1) is 0 Å². The third-order valence-corrected chi connectivity index (χ3v) is 4.93. The SMILES string of the molecule is CC1CCCC(NCC2CCCCCC2)CC1. The Morgan fingerprint density at radius 1 is 0.765 bits per heavy atom. The van der Waals surface area contributed by atoms with Crippen LogP contribution in [0.3, 0.4) is 0 Å². The van der Waals surface area contributed by atoms with Gasteiger partial charge in [0, 0.05) is 6.04 Å². The lowest BCUT2D eigenvalue weighted by molar-refractivity contribution is 0.370. The van der Waals surface area contributed by atoms with E-state index >= 15 is 0 Å². The van der Waals surface area contributed by atoms with Crippen molar-refractivity contribution in [2.24, 2.45) is 11.8 Å². The third-order valence-electron chi connectivity index (χ3n) is 4.93. The Hall–Kier alpha value is -0.0400. The van der Waals surface area contributed by atoms with Crippen LogP contribution in [0.4, 0.5) is 0 Å². The smallest absolute Gasteiger partial charge is 0.00672 e. The molecular weight excluding hydrogens is 206 g/mol. The first-order chi connectivity index (χ1) is 8.34. The average Bonchev–Trinajstić information content (AvgIpc) is 2.69. The Morgan fingerprint density at radius 2 is 1.53 bits per heavy atom. The summed E-state index contributed by atoms with van der Waals surface area (Å²) < 4.78 is 0. The molecule has 17 heavy (non-hydrogen) atoms. The van der Waals surface area contributed by atoms with Crippen molar-refractivity contribution in [2.45, 2.75) is 83.6 Å². The van der Waals surface area contributed by atoms with Gasteiger partial charge in [-0.3, -0.25) is 0 Å². The molecular formula is C16H31N. The molecule has 1 nitrogen and oxygen atoms in total. The molecule has 1 heteroatoms. The van der Waals surface area contributed by atoms with Gasteiger partial charge < -0.3 is 5.32 Å². The maximum atomic E-state index is 3.88. The summed E-state index contributed by atoms with van der Waals surface area (Å²) in [7, 11) is 0. The first-order valence-electron chi connectivity index (χ1n) is 8.08. The van der Waals surface area contributed by atoms with E-state index in [9.17, 15) is 0 Å². The molecule has 0 spiro atoms. The summed E-state index contributed by atoms with van der Waals surface area (Å²) in [6.07, 6.45) is 16.1. The molecule has 0 radical (unpaired) electrons. The molecule has 0 aromatic carbocycles. The van der Waals surface area contributed by atoms with Gasteiger partial charge in [0.1, 0.15) is 0 Å². The van der Waals surface area contributed by atoms with Crippen molar-refractivity contribution in [3.63, 3.8) is 0 Å². The van der Waals surface area contributed by atoms with Gasteiger partial charge >= 0.3 is 0 Å². The van der Waals surface area contributed by atoms with Gasteiger partial charge in [-0.25, -0.2) is 0 Å². The zero-order valence-electron chi connectivity index (χ0n) is 11.7. The van der Waals surface area contributed by atoms with E-state index in [0.29, 0.717) is 0 Å². The van der Waals surface area contributed by atoms with Crippen molar-refractivity contribution >= 4 is 0 Å². The highest BCUT2D eigenvalue weighted by Crippen LogP contribution is 2.25. The fourth-order valence-corrected chi connectivity index (χ4v) is 3.59. The van der Waals surface area contributed by atoms with E-state index in [4.69, 9.17) is 0 Å². The topological polar surface area (TPSA) is 12.0 Å². The second-order valence-electron chi connectivity index (χ2n) is 6.58. The van der Waals surface area contributed by atoms with E-state index in [1.807, 2.05) is 0 Å². The van der Waals surface area contributed by atoms with Crippen LogP contribution in [0.2, 0.25) is 0 Å². The zero-order valence-corrected chi connectivity index (χ0v) is 11.7. The number of rotatable bonds is 3. The molecule has 2 rings (SSSR count). The normalized spacial score (nSPS) is 33.0. The molecule has 0 aromatic rings. The molecule has 0 saturated heterocycles. The molecule has 0 heterocycles. The molecule has 2 unspecified atom stereocenters. The van der Waals surface area contributed by atoms with E-state index in [1.165, 1.54) is 77.2 Å². The monoisotopic (exact) mass is 237 g/mol. The van der Waals surface area contributed by atoms with E-state index < -0.39 is 0 Å². The minimum Gasteiger partial charge on any atom is -0.314 e. The zero-order chi connectivity index (χ0) is 11.9. The molecule has 0 amide bonds. The summed E-state index contributed by atoms with van der Waals surface area (Å²) in [5.41, 5.74) is 0. The van der Waals surface area contributed by atoms with Gasteiger partial charge in [-0.1, -0.05) is 45.4 Å². The summed E-state index contributed by atoms with van der Waals surface area (Å²) in [6.45, 7) is 3.73. The minimum atomic E-state index is 0.836. The van der Waals surface area contributed by atoms with Gasteiger partial charge in [-0.05, 0) is 50.5 Å². The lowest BCUT2D eigenvalue weighted by Crippen LogP contribution is -2.33. The van der Waals surface area contributed by atoms with Crippen molar-refractivity contribution in [2.75, 3.05) is 6.54 Å². The van der Waals surface area contributed by atoms with Gasteiger partial charge in [0.2, 0.25) is 0 Å². The summed E-state index contributed by atoms with van der Waals surface area (Å²) in [6, 6.07) is 0.836. The molecule has 100 valence electrons. The Labute approximate surface area is 108 Å².